The molecule has 3 aromatic carbocycles. The topological polar surface area (TPSA) is 61.9 Å². The lowest BCUT2D eigenvalue weighted by Crippen LogP contribution is -2.49. The molecule has 3 aromatic rings. The van der Waals surface area contributed by atoms with Gasteiger partial charge in [0.25, 0.3) is 5.91 Å². The second-order valence-electron chi connectivity index (χ2n) is 8.11. The number of carbonyl (C=O) groups is 2. The highest BCUT2D eigenvalue weighted by molar-refractivity contribution is 6.06. The molecule has 182 valence electrons. The molecule has 0 atom stereocenters. The summed E-state index contributed by atoms with van der Waals surface area (Å²) < 4.78 is 44.4. The van der Waals surface area contributed by atoms with Crippen molar-refractivity contribution in [3.05, 3.63) is 89.5 Å². The number of hydrogen-bond acceptors (Lipinski definition) is 3. The fourth-order valence-corrected chi connectivity index (χ4v) is 4.02. The summed E-state index contributed by atoms with van der Waals surface area (Å²) in [6, 6.07) is 18.4. The standard InChI is InChI=1S/C26H24F3N3O3/c1-35-23-12-3-2-11-22(23)24(33)30-20-9-5-10-21(16-20)32-14-6-13-31(25(32)34)17-18-7-4-8-19(15-18)26(27,28)29/h2-5,7-12,15-16H,6,13-14,17H2,1H3,(H,30,33). The van der Waals surface area contributed by atoms with Crippen LogP contribution in [0.25, 0.3) is 0 Å². The van der Waals surface area contributed by atoms with Gasteiger partial charge < -0.3 is 15.0 Å². The quantitative estimate of drug-likeness (QED) is 0.482. The Morgan fingerprint density at radius 2 is 1.77 bits per heavy atom. The number of para-hydroxylation sites is 1. The molecule has 9 heteroatoms. The fourth-order valence-electron chi connectivity index (χ4n) is 4.02. The third-order valence-electron chi connectivity index (χ3n) is 5.71. The van der Waals surface area contributed by atoms with E-state index < -0.39 is 11.7 Å². The molecule has 1 heterocycles. The Kier molecular flexibility index (Phi) is 6.95. The molecular formula is C26H24F3N3O3. The van der Waals surface area contributed by atoms with Gasteiger partial charge in [-0.25, -0.2) is 4.79 Å². The molecule has 0 unspecified atom stereocenters. The SMILES string of the molecule is COc1ccccc1C(=O)Nc1cccc(N2CCCN(Cc3cccc(C(F)(F)F)c3)C2=O)c1. The number of benzene rings is 3. The molecule has 1 N–H and O–H groups in total. The first-order valence-electron chi connectivity index (χ1n) is 11.0. The number of rotatable bonds is 6. The van der Waals surface area contributed by atoms with Crippen molar-refractivity contribution in [2.75, 3.05) is 30.4 Å². The number of urea groups is 1. The smallest absolute Gasteiger partial charge is 0.416 e. The number of amides is 3. The molecule has 6 nitrogen and oxygen atoms in total. The van der Waals surface area contributed by atoms with Gasteiger partial charge in [0.05, 0.1) is 18.2 Å². The monoisotopic (exact) mass is 483 g/mol. The van der Waals surface area contributed by atoms with E-state index in [1.807, 2.05) is 0 Å². The lowest BCUT2D eigenvalue weighted by atomic mass is 10.1. The van der Waals surface area contributed by atoms with Gasteiger partial charge in [-0.2, -0.15) is 13.2 Å². The number of anilines is 2. The van der Waals surface area contributed by atoms with Crippen LogP contribution in [0.15, 0.2) is 72.8 Å². The molecule has 1 fully saturated rings. The van der Waals surface area contributed by atoms with Crippen LogP contribution in [0.2, 0.25) is 0 Å². The first kappa shape index (κ1) is 24.1. The van der Waals surface area contributed by atoms with E-state index in [-0.39, 0.29) is 18.5 Å². The van der Waals surface area contributed by atoms with Crippen LogP contribution in [0.4, 0.5) is 29.3 Å². The van der Waals surface area contributed by atoms with Gasteiger partial charge in [-0.3, -0.25) is 9.69 Å². The Balaban J connectivity index is 1.49. The summed E-state index contributed by atoms with van der Waals surface area (Å²) in [5, 5.41) is 2.82. The molecule has 0 aliphatic carbocycles. The van der Waals surface area contributed by atoms with Crippen molar-refractivity contribution in [1.82, 2.24) is 4.90 Å². The van der Waals surface area contributed by atoms with E-state index in [1.165, 1.54) is 18.1 Å². The average molecular weight is 483 g/mol. The van der Waals surface area contributed by atoms with Crippen molar-refractivity contribution in [2.24, 2.45) is 0 Å². The first-order chi connectivity index (χ1) is 16.8. The Hall–Kier alpha value is -4.01. The summed E-state index contributed by atoms with van der Waals surface area (Å²) in [5.74, 6) is 0.0911. The molecule has 0 spiro atoms. The van der Waals surface area contributed by atoms with Crippen LogP contribution in [0.1, 0.15) is 27.9 Å². The zero-order chi connectivity index (χ0) is 25.0. The van der Waals surface area contributed by atoms with Gasteiger partial charge in [0.2, 0.25) is 0 Å². The summed E-state index contributed by atoms with van der Waals surface area (Å²) in [4.78, 5) is 29.0. The van der Waals surface area contributed by atoms with Crippen LogP contribution < -0.4 is 15.0 Å². The van der Waals surface area contributed by atoms with Gasteiger partial charge in [0.15, 0.2) is 0 Å². The molecule has 0 saturated carbocycles. The third kappa shape index (κ3) is 5.56. The van der Waals surface area contributed by atoms with Crippen molar-refractivity contribution in [2.45, 2.75) is 19.1 Å². The van der Waals surface area contributed by atoms with Crippen molar-refractivity contribution in [3.8, 4) is 5.75 Å². The number of carbonyl (C=O) groups excluding carboxylic acids is 2. The second kappa shape index (κ2) is 10.1. The minimum atomic E-state index is -4.44. The molecule has 0 radical (unpaired) electrons. The second-order valence-corrected chi connectivity index (χ2v) is 8.11. The number of halogens is 3. The van der Waals surface area contributed by atoms with Crippen molar-refractivity contribution in [3.63, 3.8) is 0 Å². The molecule has 1 aliphatic heterocycles. The molecular weight excluding hydrogens is 459 g/mol. The number of ether oxygens (including phenoxy) is 1. The third-order valence-corrected chi connectivity index (χ3v) is 5.71. The van der Waals surface area contributed by atoms with Crippen LogP contribution in [-0.2, 0) is 12.7 Å². The van der Waals surface area contributed by atoms with Gasteiger partial charge in [0.1, 0.15) is 5.75 Å². The van der Waals surface area contributed by atoms with Crippen LogP contribution in [0.5, 0.6) is 5.75 Å². The van der Waals surface area contributed by atoms with E-state index in [2.05, 4.69) is 5.32 Å². The van der Waals surface area contributed by atoms with Gasteiger partial charge in [-0.15, -0.1) is 0 Å². The van der Waals surface area contributed by atoms with Crippen molar-refractivity contribution < 1.29 is 27.5 Å². The molecule has 3 amide bonds. The molecule has 1 saturated heterocycles. The van der Waals surface area contributed by atoms with E-state index in [9.17, 15) is 22.8 Å². The minimum Gasteiger partial charge on any atom is -0.496 e. The maximum Gasteiger partial charge on any atom is 0.416 e. The number of nitrogens with zero attached hydrogens (tertiary/aromatic N) is 2. The Morgan fingerprint density at radius 3 is 2.54 bits per heavy atom. The number of hydrogen-bond donors (Lipinski definition) is 1. The van der Waals surface area contributed by atoms with Gasteiger partial charge >= 0.3 is 12.2 Å². The molecule has 0 bridgehead atoms. The average Bonchev–Trinajstić information content (AvgIpc) is 2.85. The maximum absolute atomic E-state index is 13.2. The first-order valence-corrected chi connectivity index (χ1v) is 11.0. The summed E-state index contributed by atoms with van der Waals surface area (Å²) in [6.07, 6.45) is -3.79. The van der Waals surface area contributed by atoms with Crippen LogP contribution in [-0.4, -0.2) is 37.0 Å². The normalized spacial score (nSPS) is 14.1. The van der Waals surface area contributed by atoms with Gasteiger partial charge in [0, 0.05) is 31.0 Å². The lowest BCUT2D eigenvalue weighted by Gasteiger charge is -2.36. The van der Waals surface area contributed by atoms with Crippen LogP contribution in [0.3, 0.4) is 0 Å². The highest BCUT2D eigenvalue weighted by Crippen LogP contribution is 2.30. The van der Waals surface area contributed by atoms with E-state index in [1.54, 1.807) is 59.5 Å². The number of alkyl halides is 3. The van der Waals surface area contributed by atoms with E-state index >= 15 is 0 Å². The summed E-state index contributed by atoms with van der Waals surface area (Å²) in [5.41, 5.74) is 1.13. The number of nitrogens with one attached hydrogen (secondary N) is 1. The van der Waals surface area contributed by atoms with Crippen LogP contribution >= 0.6 is 0 Å². The summed E-state index contributed by atoms with van der Waals surface area (Å²) >= 11 is 0. The van der Waals surface area contributed by atoms with E-state index in [0.717, 1.165) is 12.1 Å². The fraction of sp³-hybridized carbons (Fsp3) is 0.231. The van der Waals surface area contributed by atoms with E-state index in [0.29, 0.717) is 47.8 Å². The van der Waals surface area contributed by atoms with Crippen LogP contribution in [0, 0.1) is 0 Å². The predicted molar refractivity (Wildman–Crippen MR) is 127 cm³/mol. The van der Waals surface area contributed by atoms with Crippen molar-refractivity contribution in [1.29, 1.82) is 0 Å². The predicted octanol–water partition coefficient (Wildman–Crippen LogP) is 5.80. The zero-order valence-corrected chi connectivity index (χ0v) is 19.0. The molecule has 35 heavy (non-hydrogen) atoms. The zero-order valence-electron chi connectivity index (χ0n) is 19.0. The molecule has 4 rings (SSSR count). The van der Waals surface area contributed by atoms with Gasteiger partial charge in [-0.05, 0) is 54.4 Å². The maximum atomic E-state index is 13.2. The summed E-state index contributed by atoms with van der Waals surface area (Å²) in [7, 11) is 1.49. The van der Waals surface area contributed by atoms with Gasteiger partial charge in [-0.1, -0.05) is 30.3 Å². The van der Waals surface area contributed by atoms with E-state index in [4.69, 9.17) is 4.74 Å². The van der Waals surface area contributed by atoms with Crippen molar-refractivity contribution >= 4 is 23.3 Å². The largest absolute Gasteiger partial charge is 0.496 e. The Labute approximate surface area is 200 Å². The Morgan fingerprint density at radius 1 is 1.00 bits per heavy atom. The highest BCUT2D eigenvalue weighted by Gasteiger charge is 2.31. The lowest BCUT2D eigenvalue weighted by molar-refractivity contribution is -0.137. The minimum absolute atomic E-state index is 0.0729. The summed E-state index contributed by atoms with van der Waals surface area (Å²) in [6.45, 7) is 0.973. The molecule has 0 aromatic heterocycles. The highest BCUT2D eigenvalue weighted by atomic mass is 19.4. The molecule has 1 aliphatic rings. The Bertz CT molecular complexity index is 1230. The number of methoxy groups -OCH3 is 1.